The minimum Gasteiger partial charge on any atom is -0.501 e. The first-order valence-corrected chi connectivity index (χ1v) is 12.7. The van der Waals surface area contributed by atoms with Gasteiger partial charge in [-0.05, 0) is 44.2 Å². The van der Waals surface area contributed by atoms with E-state index in [9.17, 15) is 23.1 Å². The number of hydrogen-bond donors (Lipinski definition) is 1. The molecule has 3 aromatic rings. The molecule has 4 heterocycles. The summed E-state index contributed by atoms with van der Waals surface area (Å²) in [4.78, 5) is 22.0. The van der Waals surface area contributed by atoms with E-state index >= 15 is 0 Å². The van der Waals surface area contributed by atoms with Gasteiger partial charge in [-0.25, -0.2) is 9.50 Å². The van der Waals surface area contributed by atoms with Crippen molar-refractivity contribution >= 4 is 11.6 Å². The van der Waals surface area contributed by atoms with Crippen molar-refractivity contribution in [3.63, 3.8) is 0 Å². The number of benzene rings is 1. The number of ether oxygens (including phenoxy) is 2. The van der Waals surface area contributed by atoms with E-state index in [-0.39, 0.29) is 47.1 Å². The molecule has 208 valence electrons. The van der Waals surface area contributed by atoms with Crippen LogP contribution in [0.5, 0.6) is 5.75 Å². The van der Waals surface area contributed by atoms with Gasteiger partial charge in [0.2, 0.25) is 0 Å². The summed E-state index contributed by atoms with van der Waals surface area (Å²) in [6.07, 6.45) is -0.0108. The topological polar surface area (TPSA) is 92.4 Å². The zero-order valence-electron chi connectivity index (χ0n) is 21.9. The summed E-state index contributed by atoms with van der Waals surface area (Å²) in [5.74, 6) is 0.169. The Balaban J connectivity index is 1.49. The van der Waals surface area contributed by atoms with Crippen LogP contribution >= 0.6 is 0 Å². The highest BCUT2D eigenvalue weighted by Gasteiger charge is 2.40. The lowest BCUT2D eigenvalue weighted by Crippen LogP contribution is -2.58. The monoisotopic (exact) mass is 545 g/mol. The van der Waals surface area contributed by atoms with Crippen molar-refractivity contribution in [3.05, 3.63) is 59.6 Å². The Bertz CT molecular complexity index is 1390. The van der Waals surface area contributed by atoms with Crippen molar-refractivity contribution in [1.29, 1.82) is 0 Å². The summed E-state index contributed by atoms with van der Waals surface area (Å²) >= 11 is 0. The van der Waals surface area contributed by atoms with Gasteiger partial charge in [-0.1, -0.05) is 0 Å². The molecule has 1 amide bonds. The third-order valence-corrected chi connectivity index (χ3v) is 7.53. The minimum atomic E-state index is -4.73. The number of amides is 1. The number of halogens is 3. The quantitative estimate of drug-likeness (QED) is 0.508. The van der Waals surface area contributed by atoms with Crippen LogP contribution in [0.1, 0.15) is 28.5 Å². The molecular weight excluding hydrogens is 515 g/mol. The van der Waals surface area contributed by atoms with E-state index < -0.39 is 17.8 Å². The fourth-order valence-electron chi connectivity index (χ4n) is 5.47. The highest BCUT2D eigenvalue weighted by atomic mass is 19.4. The summed E-state index contributed by atoms with van der Waals surface area (Å²) in [6.45, 7) is 5.01. The Labute approximate surface area is 223 Å². The minimum absolute atomic E-state index is 0.00129. The molecule has 2 aromatic heterocycles. The van der Waals surface area contributed by atoms with E-state index in [0.29, 0.717) is 42.1 Å². The van der Waals surface area contributed by atoms with Gasteiger partial charge in [-0.2, -0.15) is 18.3 Å². The second kappa shape index (κ2) is 10.5. The SMILES string of the molecule is COc1ccc(-c2nc3c(C(=O)N4CCN(C(CO)C5C=COC5)C[C@H]4C)cnn3c(C(F)(F)F)c2C)cc1. The van der Waals surface area contributed by atoms with E-state index in [4.69, 9.17) is 9.47 Å². The highest BCUT2D eigenvalue weighted by Crippen LogP contribution is 2.37. The predicted octanol–water partition coefficient (Wildman–Crippen LogP) is 3.40. The van der Waals surface area contributed by atoms with E-state index in [1.807, 2.05) is 13.0 Å². The maximum absolute atomic E-state index is 14.3. The number of hydrogen-bond acceptors (Lipinski definition) is 7. The van der Waals surface area contributed by atoms with E-state index in [2.05, 4.69) is 15.0 Å². The number of carbonyl (C=O) groups is 1. The molecule has 1 saturated heterocycles. The van der Waals surface area contributed by atoms with Gasteiger partial charge < -0.3 is 19.5 Å². The Hall–Kier alpha value is -3.64. The van der Waals surface area contributed by atoms with Crippen LogP contribution in [0.25, 0.3) is 16.9 Å². The fraction of sp³-hybridized carbons (Fsp3) is 0.444. The molecule has 12 heteroatoms. The van der Waals surface area contributed by atoms with Crippen LogP contribution in [-0.4, -0.2) is 87.5 Å². The van der Waals surface area contributed by atoms with E-state index in [0.717, 1.165) is 6.20 Å². The maximum atomic E-state index is 14.3. The smallest absolute Gasteiger partial charge is 0.433 e. The summed E-state index contributed by atoms with van der Waals surface area (Å²) in [5, 5.41) is 14.0. The Morgan fingerprint density at radius 2 is 2.00 bits per heavy atom. The zero-order valence-corrected chi connectivity index (χ0v) is 21.9. The van der Waals surface area contributed by atoms with Crippen molar-refractivity contribution in [2.24, 2.45) is 5.92 Å². The molecule has 5 rings (SSSR count). The lowest BCUT2D eigenvalue weighted by molar-refractivity contribution is -0.143. The molecule has 0 bridgehead atoms. The van der Waals surface area contributed by atoms with Gasteiger partial charge >= 0.3 is 6.18 Å². The average Bonchev–Trinajstić information content (AvgIpc) is 3.58. The van der Waals surface area contributed by atoms with Crippen LogP contribution in [0.4, 0.5) is 13.2 Å². The number of nitrogens with zero attached hydrogens (tertiary/aromatic N) is 5. The first-order chi connectivity index (χ1) is 18.6. The molecule has 0 aliphatic carbocycles. The molecule has 2 aliphatic rings. The molecule has 3 atom stereocenters. The van der Waals surface area contributed by atoms with Crippen LogP contribution in [-0.2, 0) is 10.9 Å². The maximum Gasteiger partial charge on any atom is 0.433 e. The van der Waals surface area contributed by atoms with Gasteiger partial charge in [0.1, 0.15) is 11.3 Å². The van der Waals surface area contributed by atoms with Crippen molar-refractivity contribution in [2.45, 2.75) is 32.1 Å². The van der Waals surface area contributed by atoms with E-state index in [1.165, 1.54) is 14.0 Å². The van der Waals surface area contributed by atoms with Crippen LogP contribution in [0, 0.1) is 12.8 Å². The van der Waals surface area contributed by atoms with Crippen molar-refractivity contribution < 1.29 is 32.5 Å². The molecule has 2 unspecified atom stereocenters. The van der Waals surface area contributed by atoms with Crippen molar-refractivity contribution in [3.8, 4) is 17.0 Å². The van der Waals surface area contributed by atoms with E-state index in [1.54, 1.807) is 35.4 Å². The third kappa shape index (κ3) is 4.94. The molecule has 1 N–H and O–H groups in total. The molecule has 0 saturated carbocycles. The average molecular weight is 546 g/mol. The van der Waals surface area contributed by atoms with Crippen molar-refractivity contribution in [2.75, 3.05) is 40.0 Å². The second-order valence-corrected chi connectivity index (χ2v) is 9.87. The first-order valence-electron chi connectivity index (χ1n) is 12.7. The van der Waals surface area contributed by atoms with Crippen LogP contribution < -0.4 is 4.74 Å². The number of carbonyl (C=O) groups excluding carboxylic acids is 1. The molecule has 1 aromatic carbocycles. The Morgan fingerprint density at radius 1 is 1.26 bits per heavy atom. The number of methoxy groups -OCH3 is 1. The fourth-order valence-corrected chi connectivity index (χ4v) is 5.47. The number of fused-ring (bicyclic) bond motifs is 1. The van der Waals surface area contributed by atoms with Crippen molar-refractivity contribution in [1.82, 2.24) is 24.4 Å². The standard InChI is InChI=1S/C27H30F3N5O4/c1-16-13-33(22(14-36)19-8-11-39-15-19)9-10-34(16)26(37)21-12-31-35-24(27(28,29)30)17(2)23(32-25(21)35)18-4-6-20(38-3)7-5-18/h4-8,11-12,16,19,22,36H,9-10,13-15H2,1-3H3/t16-,19?,22?/m1/s1. The molecular formula is C27H30F3N5O4. The molecule has 1 fully saturated rings. The number of aliphatic hydroxyl groups is 1. The Kier molecular flexibility index (Phi) is 7.25. The predicted molar refractivity (Wildman–Crippen MR) is 136 cm³/mol. The summed E-state index contributed by atoms with van der Waals surface area (Å²) in [7, 11) is 1.50. The molecule has 9 nitrogen and oxygen atoms in total. The van der Waals surface area contributed by atoms with Gasteiger partial charge in [0, 0.05) is 48.8 Å². The zero-order chi connectivity index (χ0) is 27.9. The molecule has 0 spiro atoms. The van der Waals surface area contributed by atoms with Gasteiger partial charge in [-0.3, -0.25) is 9.69 Å². The number of aliphatic hydroxyl groups excluding tert-OH is 1. The number of alkyl halides is 3. The summed E-state index contributed by atoms with van der Waals surface area (Å²) < 4.78 is 54.0. The van der Waals surface area contributed by atoms with Crippen LogP contribution in [0.2, 0.25) is 0 Å². The lowest BCUT2D eigenvalue weighted by atomic mass is 9.98. The Morgan fingerprint density at radius 3 is 2.59 bits per heavy atom. The number of piperazine rings is 1. The number of rotatable bonds is 6. The van der Waals surface area contributed by atoms with Gasteiger partial charge in [0.15, 0.2) is 11.3 Å². The van der Waals surface area contributed by atoms with Gasteiger partial charge in [-0.15, -0.1) is 0 Å². The lowest BCUT2D eigenvalue weighted by Gasteiger charge is -2.43. The molecule has 39 heavy (non-hydrogen) atoms. The third-order valence-electron chi connectivity index (χ3n) is 7.53. The summed E-state index contributed by atoms with van der Waals surface area (Å²) in [5.41, 5.74) is -0.649. The molecule has 0 radical (unpaired) electrons. The van der Waals surface area contributed by atoms with Crippen LogP contribution in [0.15, 0.2) is 42.8 Å². The van der Waals surface area contributed by atoms with Gasteiger partial charge in [0.05, 0.1) is 38.5 Å². The number of aromatic nitrogens is 3. The van der Waals surface area contributed by atoms with Crippen LogP contribution in [0.3, 0.4) is 0 Å². The largest absolute Gasteiger partial charge is 0.501 e. The van der Waals surface area contributed by atoms with Gasteiger partial charge in [0.25, 0.3) is 5.91 Å². The normalized spacial score (nSPS) is 20.8. The second-order valence-electron chi connectivity index (χ2n) is 9.87. The first kappa shape index (κ1) is 26.9. The summed E-state index contributed by atoms with van der Waals surface area (Å²) in [6, 6.07) is 6.15. The molecule has 2 aliphatic heterocycles. The highest BCUT2D eigenvalue weighted by molar-refractivity contribution is 6.00.